The van der Waals surface area contributed by atoms with Crippen molar-refractivity contribution in [2.75, 3.05) is 10.7 Å². The average Bonchev–Trinajstić information content (AvgIpc) is 2.82. The fourth-order valence-corrected chi connectivity index (χ4v) is 3.45. The predicted molar refractivity (Wildman–Crippen MR) is 83.2 cm³/mol. The fraction of sp³-hybridized carbons (Fsp3) is 0.250. The van der Waals surface area contributed by atoms with Gasteiger partial charge in [0.1, 0.15) is 0 Å². The van der Waals surface area contributed by atoms with Crippen molar-refractivity contribution in [3.05, 3.63) is 59.4 Å². The van der Waals surface area contributed by atoms with E-state index in [-0.39, 0.29) is 17.7 Å². The topological polar surface area (TPSA) is 47.2 Å². The third-order valence-corrected chi connectivity index (χ3v) is 4.61. The number of nitrogens with zero attached hydrogens (tertiary/aromatic N) is 2. The first-order chi connectivity index (χ1) is 10.2. The molecule has 1 atom stereocenters. The van der Waals surface area contributed by atoms with Gasteiger partial charge in [-0.05, 0) is 42.8 Å². The number of carbonyl (C=O) groups is 1. The Labute approximate surface area is 128 Å². The van der Waals surface area contributed by atoms with E-state index in [1.807, 2.05) is 23.1 Å². The Morgan fingerprint density at radius 1 is 1.33 bits per heavy atom. The van der Waals surface area contributed by atoms with Crippen LogP contribution in [0, 0.1) is 5.21 Å². The number of fused-ring (bicyclic) bond motifs is 1. The molecule has 1 aromatic heterocycles. The molecule has 0 unspecified atom stereocenters. The van der Waals surface area contributed by atoms with E-state index in [0.29, 0.717) is 5.03 Å². The van der Waals surface area contributed by atoms with Crippen LogP contribution in [0.2, 0.25) is 0 Å². The van der Waals surface area contributed by atoms with E-state index in [1.54, 1.807) is 18.2 Å². The Morgan fingerprint density at radius 2 is 2.10 bits per heavy atom. The molecule has 0 bridgehead atoms. The first-order valence-corrected chi connectivity index (χ1v) is 7.86. The summed E-state index contributed by atoms with van der Waals surface area (Å²) >= 11 is 1.28. The van der Waals surface area contributed by atoms with Gasteiger partial charge >= 0.3 is 0 Å². The number of para-hydroxylation sites is 1. The standard InChI is InChI=1S/C16H16N2O2S/c1-12-10-13-6-2-3-7-14(13)18(12)15(19)11-21-16-8-4-5-9-17(16)20/h2-9,12H,10-11H2,1H3/t12-/m0/s1. The van der Waals surface area contributed by atoms with Crippen molar-refractivity contribution >= 4 is 23.4 Å². The Kier molecular flexibility index (Phi) is 3.84. The van der Waals surface area contributed by atoms with E-state index in [9.17, 15) is 10.0 Å². The lowest BCUT2D eigenvalue weighted by Gasteiger charge is -2.22. The van der Waals surface area contributed by atoms with Crippen molar-refractivity contribution in [3.8, 4) is 0 Å². The van der Waals surface area contributed by atoms with Crippen LogP contribution in [0.5, 0.6) is 0 Å². The third-order valence-electron chi connectivity index (χ3n) is 3.61. The molecule has 108 valence electrons. The highest BCUT2D eigenvalue weighted by molar-refractivity contribution is 7.99. The number of carbonyl (C=O) groups excluding carboxylic acids is 1. The molecule has 1 aliphatic heterocycles. The van der Waals surface area contributed by atoms with Crippen molar-refractivity contribution in [2.45, 2.75) is 24.4 Å². The average molecular weight is 300 g/mol. The molecule has 0 saturated carbocycles. The van der Waals surface area contributed by atoms with Gasteiger partial charge in [-0.3, -0.25) is 4.79 Å². The van der Waals surface area contributed by atoms with Gasteiger partial charge in [0.25, 0.3) is 5.03 Å². The second-order valence-corrected chi connectivity index (χ2v) is 6.09. The molecule has 1 aromatic carbocycles. The van der Waals surface area contributed by atoms with Gasteiger partial charge in [0.05, 0.1) is 5.75 Å². The van der Waals surface area contributed by atoms with Gasteiger partial charge in [0, 0.05) is 23.9 Å². The van der Waals surface area contributed by atoms with E-state index in [1.165, 1.54) is 23.5 Å². The molecular weight excluding hydrogens is 284 g/mol. The first-order valence-electron chi connectivity index (χ1n) is 6.88. The summed E-state index contributed by atoms with van der Waals surface area (Å²) in [5, 5.41) is 12.1. The summed E-state index contributed by atoms with van der Waals surface area (Å²) in [6, 6.07) is 13.4. The Bertz CT molecular complexity index is 675. The van der Waals surface area contributed by atoms with E-state index >= 15 is 0 Å². The highest BCUT2D eigenvalue weighted by Gasteiger charge is 2.30. The van der Waals surface area contributed by atoms with Gasteiger partial charge in [-0.25, -0.2) is 0 Å². The minimum absolute atomic E-state index is 0.0429. The molecule has 0 radical (unpaired) electrons. The first kappa shape index (κ1) is 13.9. The third kappa shape index (κ3) is 2.74. The van der Waals surface area contributed by atoms with Gasteiger partial charge in [0.2, 0.25) is 5.91 Å². The monoisotopic (exact) mass is 300 g/mol. The zero-order chi connectivity index (χ0) is 14.8. The molecule has 3 rings (SSSR count). The summed E-state index contributed by atoms with van der Waals surface area (Å²) in [5.41, 5.74) is 2.21. The van der Waals surface area contributed by atoms with E-state index in [4.69, 9.17) is 0 Å². The van der Waals surface area contributed by atoms with Crippen molar-refractivity contribution < 1.29 is 9.52 Å². The van der Waals surface area contributed by atoms with Gasteiger partial charge in [-0.1, -0.05) is 18.2 Å². The summed E-state index contributed by atoms with van der Waals surface area (Å²) < 4.78 is 0.791. The fourth-order valence-electron chi connectivity index (χ4n) is 2.68. The lowest BCUT2D eigenvalue weighted by Crippen LogP contribution is -2.37. The van der Waals surface area contributed by atoms with Gasteiger partial charge in [0.15, 0.2) is 6.20 Å². The Balaban J connectivity index is 1.73. The van der Waals surface area contributed by atoms with Crippen LogP contribution in [0.15, 0.2) is 53.7 Å². The van der Waals surface area contributed by atoms with Gasteiger partial charge in [-0.15, -0.1) is 0 Å². The summed E-state index contributed by atoms with van der Waals surface area (Å²) in [5.74, 6) is 0.312. The second kappa shape index (κ2) is 5.77. The maximum atomic E-state index is 12.5. The summed E-state index contributed by atoms with van der Waals surface area (Å²) in [7, 11) is 0. The predicted octanol–water partition coefficient (Wildman–Crippen LogP) is 2.39. The highest BCUT2D eigenvalue weighted by Crippen LogP contribution is 2.32. The molecule has 0 aliphatic carbocycles. The molecule has 1 aliphatic rings. The normalized spacial score (nSPS) is 16.8. The van der Waals surface area contributed by atoms with Crippen LogP contribution in [0.3, 0.4) is 0 Å². The van der Waals surface area contributed by atoms with Crippen LogP contribution in [-0.4, -0.2) is 17.7 Å². The number of pyridine rings is 1. The van der Waals surface area contributed by atoms with Crippen LogP contribution in [0.1, 0.15) is 12.5 Å². The Morgan fingerprint density at radius 3 is 2.90 bits per heavy atom. The largest absolute Gasteiger partial charge is 0.618 e. The maximum absolute atomic E-state index is 12.5. The molecular formula is C16H16N2O2S. The quantitative estimate of drug-likeness (QED) is 0.497. The van der Waals surface area contributed by atoms with Crippen molar-refractivity contribution in [2.24, 2.45) is 0 Å². The summed E-state index contributed by atoms with van der Waals surface area (Å²) in [4.78, 5) is 14.3. The number of thioether (sulfide) groups is 1. The van der Waals surface area contributed by atoms with E-state index in [2.05, 4.69) is 13.0 Å². The molecule has 2 heterocycles. The van der Waals surface area contributed by atoms with Gasteiger partial charge in [-0.2, -0.15) is 4.73 Å². The molecule has 5 heteroatoms. The SMILES string of the molecule is C[C@H]1Cc2ccccc2N1C(=O)CSc1cccc[n+]1[O-]. The summed E-state index contributed by atoms with van der Waals surface area (Å²) in [6.07, 6.45) is 2.33. The molecule has 0 N–H and O–H groups in total. The van der Waals surface area contributed by atoms with Crippen molar-refractivity contribution in [1.82, 2.24) is 0 Å². The van der Waals surface area contributed by atoms with Gasteiger partial charge < -0.3 is 10.1 Å². The molecule has 0 fully saturated rings. The number of anilines is 1. The van der Waals surface area contributed by atoms with Crippen LogP contribution in [0.4, 0.5) is 5.69 Å². The number of hydrogen-bond acceptors (Lipinski definition) is 3. The minimum atomic E-state index is 0.0429. The Hall–Kier alpha value is -2.01. The number of aromatic nitrogens is 1. The minimum Gasteiger partial charge on any atom is -0.618 e. The molecule has 4 nitrogen and oxygen atoms in total. The van der Waals surface area contributed by atoms with E-state index < -0.39 is 0 Å². The lowest BCUT2D eigenvalue weighted by molar-refractivity contribution is -0.645. The summed E-state index contributed by atoms with van der Waals surface area (Å²) in [6.45, 7) is 2.05. The number of hydrogen-bond donors (Lipinski definition) is 0. The smallest absolute Gasteiger partial charge is 0.251 e. The molecule has 0 spiro atoms. The van der Waals surface area contributed by atoms with Crippen LogP contribution in [0.25, 0.3) is 0 Å². The molecule has 2 aromatic rings. The molecule has 21 heavy (non-hydrogen) atoms. The zero-order valence-corrected chi connectivity index (χ0v) is 12.5. The van der Waals surface area contributed by atoms with Crippen LogP contribution in [-0.2, 0) is 11.2 Å². The molecule has 1 amide bonds. The van der Waals surface area contributed by atoms with Crippen molar-refractivity contribution in [3.63, 3.8) is 0 Å². The van der Waals surface area contributed by atoms with Crippen LogP contribution >= 0.6 is 11.8 Å². The van der Waals surface area contributed by atoms with Crippen molar-refractivity contribution in [1.29, 1.82) is 0 Å². The number of amides is 1. The van der Waals surface area contributed by atoms with Crippen LogP contribution < -0.4 is 9.63 Å². The molecule has 0 saturated heterocycles. The highest BCUT2D eigenvalue weighted by atomic mass is 32.2. The second-order valence-electron chi connectivity index (χ2n) is 5.10. The van der Waals surface area contributed by atoms with E-state index in [0.717, 1.165) is 16.8 Å². The maximum Gasteiger partial charge on any atom is 0.251 e. The number of benzene rings is 1. The lowest BCUT2D eigenvalue weighted by atomic mass is 10.1. The zero-order valence-electron chi connectivity index (χ0n) is 11.7. The number of rotatable bonds is 3.